The Morgan fingerprint density at radius 1 is 1.25 bits per heavy atom. The second-order valence-corrected chi connectivity index (χ2v) is 5.08. The Bertz CT molecular complexity index is 395. The van der Waals surface area contributed by atoms with E-state index >= 15 is 0 Å². The van der Waals surface area contributed by atoms with Gasteiger partial charge in [0, 0.05) is 6.07 Å². The molecule has 1 aliphatic rings. The molecule has 1 saturated carbocycles. The van der Waals surface area contributed by atoms with Crippen LogP contribution in [0.1, 0.15) is 26.2 Å². The Morgan fingerprint density at radius 3 is 2.62 bits per heavy atom. The molecule has 88 valence electrons. The minimum absolute atomic E-state index is 0.0463. The van der Waals surface area contributed by atoms with E-state index in [2.05, 4.69) is 6.92 Å². The van der Waals surface area contributed by atoms with Crippen molar-refractivity contribution in [3.63, 3.8) is 0 Å². The first-order chi connectivity index (χ1) is 7.58. The Morgan fingerprint density at radius 2 is 2.00 bits per heavy atom. The zero-order valence-corrected chi connectivity index (χ0v) is 10.5. The van der Waals surface area contributed by atoms with Crippen LogP contribution in [0.25, 0.3) is 0 Å². The number of halogens is 3. The van der Waals surface area contributed by atoms with Crippen LogP contribution < -0.4 is 4.74 Å². The number of benzene rings is 1. The van der Waals surface area contributed by atoms with Crippen molar-refractivity contribution >= 4 is 23.2 Å². The van der Waals surface area contributed by atoms with Gasteiger partial charge in [0.05, 0.1) is 10.0 Å². The lowest BCUT2D eigenvalue weighted by molar-refractivity contribution is 0.167. The highest BCUT2D eigenvalue weighted by Gasteiger charge is 2.25. The summed E-state index contributed by atoms with van der Waals surface area (Å²) in [6.07, 6.45) is 3.52. The molecule has 1 aromatic carbocycles. The van der Waals surface area contributed by atoms with E-state index in [-0.39, 0.29) is 16.1 Å². The molecule has 0 spiro atoms. The van der Waals surface area contributed by atoms with Gasteiger partial charge < -0.3 is 4.74 Å². The first kappa shape index (κ1) is 12.0. The third kappa shape index (κ3) is 2.44. The fraction of sp³-hybridized carbons (Fsp3) is 0.500. The molecule has 0 amide bonds. The van der Waals surface area contributed by atoms with Crippen LogP contribution in [0.5, 0.6) is 5.75 Å². The summed E-state index contributed by atoms with van der Waals surface area (Å²) in [5, 5.41) is 0.325. The van der Waals surface area contributed by atoms with E-state index in [1.54, 1.807) is 0 Å². The van der Waals surface area contributed by atoms with Crippen LogP contribution in [-0.2, 0) is 0 Å². The zero-order valence-electron chi connectivity index (χ0n) is 8.97. The first-order valence-corrected chi connectivity index (χ1v) is 6.14. The topological polar surface area (TPSA) is 9.23 Å². The molecule has 1 fully saturated rings. The minimum atomic E-state index is -0.515. The van der Waals surface area contributed by atoms with Gasteiger partial charge in [0.15, 0.2) is 0 Å². The van der Waals surface area contributed by atoms with Crippen LogP contribution in [0.3, 0.4) is 0 Å². The van der Waals surface area contributed by atoms with Gasteiger partial charge in [0.1, 0.15) is 17.7 Å². The van der Waals surface area contributed by atoms with Gasteiger partial charge in [0.25, 0.3) is 0 Å². The predicted octanol–water partition coefficient (Wildman–Crippen LogP) is 4.70. The lowest BCUT2D eigenvalue weighted by Gasteiger charge is -2.19. The largest absolute Gasteiger partial charge is 0.489 e. The number of rotatable bonds is 2. The standard InChI is InChI=1S/C12H13Cl2FO/c1-7-3-2-4-11(7)16-12-6-8(13)10(15)5-9(12)14/h5-7,11H,2-4H2,1H3. The average Bonchev–Trinajstić information content (AvgIpc) is 2.61. The van der Waals surface area contributed by atoms with Crippen molar-refractivity contribution in [3.8, 4) is 5.75 Å². The van der Waals surface area contributed by atoms with E-state index < -0.39 is 5.82 Å². The van der Waals surface area contributed by atoms with Crippen molar-refractivity contribution < 1.29 is 9.13 Å². The monoisotopic (exact) mass is 262 g/mol. The van der Waals surface area contributed by atoms with Gasteiger partial charge in [-0.15, -0.1) is 0 Å². The summed E-state index contributed by atoms with van der Waals surface area (Å²) in [5.74, 6) is 0.477. The number of hydrogen-bond acceptors (Lipinski definition) is 1. The van der Waals surface area contributed by atoms with Gasteiger partial charge in [-0.05, 0) is 31.2 Å². The molecule has 4 heteroatoms. The fourth-order valence-electron chi connectivity index (χ4n) is 2.04. The molecular weight excluding hydrogens is 250 g/mol. The molecule has 0 radical (unpaired) electrons. The lowest BCUT2D eigenvalue weighted by Crippen LogP contribution is -2.19. The molecule has 0 aromatic heterocycles. The molecule has 1 aromatic rings. The van der Waals surface area contributed by atoms with Crippen LogP contribution in [0, 0.1) is 11.7 Å². The van der Waals surface area contributed by atoms with Crippen molar-refractivity contribution in [2.45, 2.75) is 32.3 Å². The maximum atomic E-state index is 13.1. The first-order valence-electron chi connectivity index (χ1n) is 5.39. The van der Waals surface area contributed by atoms with E-state index in [0.717, 1.165) is 12.8 Å². The maximum absolute atomic E-state index is 13.1. The van der Waals surface area contributed by atoms with Crippen molar-refractivity contribution in [2.24, 2.45) is 5.92 Å². The molecule has 0 N–H and O–H groups in total. The van der Waals surface area contributed by atoms with Gasteiger partial charge in [0.2, 0.25) is 0 Å². The van der Waals surface area contributed by atoms with Crippen molar-refractivity contribution in [2.75, 3.05) is 0 Å². The van der Waals surface area contributed by atoms with E-state index in [4.69, 9.17) is 27.9 Å². The van der Waals surface area contributed by atoms with E-state index in [1.165, 1.54) is 18.6 Å². The molecule has 1 nitrogen and oxygen atoms in total. The van der Waals surface area contributed by atoms with Crippen molar-refractivity contribution in [3.05, 3.63) is 28.0 Å². The molecule has 0 bridgehead atoms. The van der Waals surface area contributed by atoms with E-state index in [9.17, 15) is 4.39 Å². The Balaban J connectivity index is 2.18. The molecule has 2 atom stereocenters. The van der Waals surface area contributed by atoms with Crippen LogP contribution in [0.2, 0.25) is 10.0 Å². The van der Waals surface area contributed by atoms with Crippen LogP contribution in [0.15, 0.2) is 12.1 Å². The third-order valence-electron chi connectivity index (χ3n) is 3.04. The lowest BCUT2D eigenvalue weighted by atomic mass is 10.1. The summed E-state index contributed by atoms with van der Waals surface area (Å²) in [7, 11) is 0. The smallest absolute Gasteiger partial charge is 0.143 e. The highest BCUT2D eigenvalue weighted by molar-refractivity contribution is 6.34. The SMILES string of the molecule is CC1CCCC1Oc1cc(Cl)c(F)cc1Cl. The van der Waals surface area contributed by atoms with Crippen molar-refractivity contribution in [1.82, 2.24) is 0 Å². The quantitative estimate of drug-likeness (QED) is 0.703. The fourth-order valence-corrected chi connectivity index (χ4v) is 2.39. The van der Waals surface area contributed by atoms with Gasteiger partial charge in [-0.3, -0.25) is 0 Å². The molecule has 0 heterocycles. The summed E-state index contributed by atoms with van der Waals surface area (Å²) >= 11 is 11.6. The molecular formula is C12H13Cl2FO. The summed E-state index contributed by atoms with van der Waals surface area (Å²) in [6.45, 7) is 2.15. The maximum Gasteiger partial charge on any atom is 0.143 e. The zero-order chi connectivity index (χ0) is 11.7. The van der Waals surface area contributed by atoms with Crippen LogP contribution >= 0.6 is 23.2 Å². The Labute approximate surface area is 105 Å². The van der Waals surface area contributed by atoms with Gasteiger partial charge in [-0.2, -0.15) is 0 Å². The third-order valence-corrected chi connectivity index (χ3v) is 3.62. The molecule has 0 aliphatic heterocycles. The highest BCUT2D eigenvalue weighted by atomic mass is 35.5. The van der Waals surface area contributed by atoms with Gasteiger partial charge in [-0.25, -0.2) is 4.39 Å². The normalized spacial score (nSPS) is 24.8. The van der Waals surface area contributed by atoms with Gasteiger partial charge >= 0.3 is 0 Å². The van der Waals surface area contributed by atoms with Crippen LogP contribution in [0.4, 0.5) is 4.39 Å². The summed E-state index contributed by atoms with van der Waals surface area (Å²) in [5.41, 5.74) is 0. The second kappa shape index (κ2) is 4.80. The molecule has 2 rings (SSSR count). The predicted molar refractivity (Wildman–Crippen MR) is 63.9 cm³/mol. The molecule has 1 aliphatic carbocycles. The molecule has 2 unspecified atom stereocenters. The summed E-state index contributed by atoms with van der Waals surface area (Å²) in [4.78, 5) is 0. The Hall–Kier alpha value is -0.470. The second-order valence-electron chi connectivity index (χ2n) is 4.26. The van der Waals surface area contributed by atoms with E-state index in [0.29, 0.717) is 11.7 Å². The van der Waals surface area contributed by atoms with E-state index in [1.807, 2.05) is 0 Å². The number of ether oxygens (including phenoxy) is 1. The van der Waals surface area contributed by atoms with Gasteiger partial charge in [-0.1, -0.05) is 30.1 Å². The molecule has 16 heavy (non-hydrogen) atoms. The van der Waals surface area contributed by atoms with Crippen LogP contribution in [-0.4, -0.2) is 6.10 Å². The van der Waals surface area contributed by atoms with Crippen molar-refractivity contribution in [1.29, 1.82) is 0 Å². The minimum Gasteiger partial charge on any atom is -0.489 e. The highest BCUT2D eigenvalue weighted by Crippen LogP contribution is 2.35. The average molecular weight is 263 g/mol. The summed E-state index contributed by atoms with van der Waals surface area (Å²) < 4.78 is 18.8. The summed E-state index contributed by atoms with van der Waals surface area (Å²) in [6, 6.07) is 2.64. The molecule has 0 saturated heterocycles. The number of hydrogen-bond donors (Lipinski definition) is 0. The Kier molecular flexibility index (Phi) is 3.60.